The molecule has 3 fully saturated rings. The second kappa shape index (κ2) is 3.97. The summed E-state index contributed by atoms with van der Waals surface area (Å²) in [4.78, 5) is 28.9. The Morgan fingerprint density at radius 3 is 2.44 bits per heavy atom. The quantitative estimate of drug-likeness (QED) is 0.708. The fourth-order valence-electron chi connectivity index (χ4n) is 3.82. The molecule has 1 aliphatic carbocycles. The summed E-state index contributed by atoms with van der Waals surface area (Å²) in [5.74, 6) is 0.358. The Morgan fingerprint density at radius 1 is 1.11 bits per heavy atom. The number of fused-ring (bicyclic) bond motifs is 1. The van der Waals surface area contributed by atoms with E-state index in [4.69, 9.17) is 0 Å². The molecule has 4 heteroatoms. The molecular weight excluding hydrogens is 228 g/mol. The van der Waals surface area contributed by atoms with Crippen molar-refractivity contribution in [2.45, 2.75) is 70.0 Å². The van der Waals surface area contributed by atoms with Crippen molar-refractivity contribution in [2.75, 3.05) is 6.54 Å². The first-order chi connectivity index (χ1) is 8.54. The van der Waals surface area contributed by atoms with Gasteiger partial charge < -0.3 is 9.80 Å². The van der Waals surface area contributed by atoms with Crippen LogP contribution in [0.5, 0.6) is 0 Å². The van der Waals surface area contributed by atoms with Gasteiger partial charge in [-0.05, 0) is 52.4 Å². The van der Waals surface area contributed by atoms with E-state index in [9.17, 15) is 9.59 Å². The summed E-state index contributed by atoms with van der Waals surface area (Å²) >= 11 is 0. The minimum absolute atomic E-state index is 0.0598. The highest BCUT2D eigenvalue weighted by Crippen LogP contribution is 2.41. The monoisotopic (exact) mass is 250 g/mol. The summed E-state index contributed by atoms with van der Waals surface area (Å²) < 4.78 is 0. The van der Waals surface area contributed by atoms with E-state index in [-0.39, 0.29) is 29.4 Å². The second-order valence-electron chi connectivity index (χ2n) is 6.28. The van der Waals surface area contributed by atoms with Crippen molar-refractivity contribution in [1.29, 1.82) is 0 Å². The first kappa shape index (κ1) is 12.0. The van der Waals surface area contributed by atoms with Crippen LogP contribution in [0.2, 0.25) is 0 Å². The summed E-state index contributed by atoms with van der Waals surface area (Å²) in [6.45, 7) is 4.80. The van der Waals surface area contributed by atoms with Gasteiger partial charge in [-0.1, -0.05) is 0 Å². The van der Waals surface area contributed by atoms with Gasteiger partial charge in [0.15, 0.2) is 0 Å². The van der Waals surface area contributed by atoms with Crippen LogP contribution in [-0.4, -0.2) is 45.8 Å². The highest BCUT2D eigenvalue weighted by molar-refractivity contribution is 5.97. The molecule has 2 aliphatic heterocycles. The van der Waals surface area contributed by atoms with E-state index in [2.05, 4.69) is 6.92 Å². The third-order valence-electron chi connectivity index (χ3n) is 5.07. The zero-order chi connectivity index (χ0) is 12.9. The third-order valence-corrected chi connectivity index (χ3v) is 5.07. The number of carbonyl (C=O) groups excluding carboxylic acids is 2. The van der Waals surface area contributed by atoms with Crippen molar-refractivity contribution in [3.05, 3.63) is 0 Å². The van der Waals surface area contributed by atoms with Crippen LogP contribution in [0.25, 0.3) is 0 Å². The fraction of sp³-hybridized carbons (Fsp3) is 0.857. The molecule has 3 rings (SSSR count). The minimum atomic E-state index is -0.267. The Bertz CT molecular complexity index is 389. The standard InChI is InChI=1S/C14H22N2O2/c1-10-12(17)15-9-4-3-6-11(15)13(18)16(10)14(2)7-5-8-14/h10-11H,3-9H2,1-2H3. The van der Waals surface area contributed by atoms with Gasteiger partial charge in [-0.25, -0.2) is 0 Å². The van der Waals surface area contributed by atoms with Gasteiger partial charge in [0, 0.05) is 12.1 Å². The minimum Gasteiger partial charge on any atom is -0.329 e. The number of hydrogen-bond acceptors (Lipinski definition) is 2. The molecule has 2 unspecified atom stereocenters. The Morgan fingerprint density at radius 2 is 1.83 bits per heavy atom. The SMILES string of the molecule is CC1C(=O)N2CCCCC2C(=O)N1C1(C)CCC1. The van der Waals surface area contributed by atoms with E-state index in [1.54, 1.807) is 0 Å². The second-order valence-corrected chi connectivity index (χ2v) is 6.28. The molecule has 0 aromatic rings. The normalized spacial score (nSPS) is 35.2. The zero-order valence-electron chi connectivity index (χ0n) is 11.3. The molecule has 0 spiro atoms. The average Bonchev–Trinajstić information content (AvgIpc) is 2.34. The maximum Gasteiger partial charge on any atom is 0.246 e. The molecule has 4 nitrogen and oxygen atoms in total. The van der Waals surface area contributed by atoms with E-state index in [0.717, 1.165) is 38.6 Å². The fourth-order valence-corrected chi connectivity index (χ4v) is 3.82. The molecule has 2 heterocycles. The van der Waals surface area contributed by atoms with Crippen LogP contribution in [0.3, 0.4) is 0 Å². The van der Waals surface area contributed by atoms with Gasteiger partial charge in [0.05, 0.1) is 0 Å². The topological polar surface area (TPSA) is 40.6 Å². The average molecular weight is 250 g/mol. The van der Waals surface area contributed by atoms with Crippen molar-refractivity contribution < 1.29 is 9.59 Å². The largest absolute Gasteiger partial charge is 0.329 e. The number of piperidine rings is 1. The molecule has 0 aromatic carbocycles. The number of nitrogens with zero attached hydrogens (tertiary/aromatic N) is 2. The van der Waals surface area contributed by atoms with Crippen molar-refractivity contribution in [2.24, 2.45) is 0 Å². The predicted octanol–water partition coefficient (Wildman–Crippen LogP) is 1.54. The van der Waals surface area contributed by atoms with E-state index in [0.29, 0.717) is 0 Å². The molecule has 2 amide bonds. The Hall–Kier alpha value is -1.06. The van der Waals surface area contributed by atoms with Gasteiger partial charge in [-0.15, -0.1) is 0 Å². The van der Waals surface area contributed by atoms with Crippen LogP contribution in [0.4, 0.5) is 0 Å². The summed E-state index contributed by atoms with van der Waals surface area (Å²) in [6.07, 6.45) is 6.23. The van der Waals surface area contributed by atoms with Crippen LogP contribution in [0.1, 0.15) is 52.4 Å². The Balaban J connectivity index is 1.91. The lowest BCUT2D eigenvalue weighted by Gasteiger charge is -2.56. The first-order valence-corrected chi connectivity index (χ1v) is 7.18. The van der Waals surface area contributed by atoms with Gasteiger partial charge >= 0.3 is 0 Å². The van der Waals surface area contributed by atoms with Crippen molar-refractivity contribution in [3.63, 3.8) is 0 Å². The summed E-state index contributed by atoms with van der Waals surface area (Å²) in [7, 11) is 0. The highest BCUT2D eigenvalue weighted by Gasteiger charge is 2.52. The third kappa shape index (κ3) is 1.50. The number of rotatable bonds is 1. The molecule has 18 heavy (non-hydrogen) atoms. The lowest BCUT2D eigenvalue weighted by molar-refractivity contribution is -0.173. The van der Waals surface area contributed by atoms with Crippen LogP contribution >= 0.6 is 0 Å². The van der Waals surface area contributed by atoms with Crippen molar-refractivity contribution in [1.82, 2.24) is 9.80 Å². The van der Waals surface area contributed by atoms with Crippen LogP contribution < -0.4 is 0 Å². The lowest BCUT2D eigenvalue weighted by Crippen LogP contribution is -2.71. The molecule has 0 radical (unpaired) electrons. The summed E-state index contributed by atoms with van der Waals surface area (Å²) in [6, 6.07) is -0.433. The van der Waals surface area contributed by atoms with Gasteiger partial charge in [0.25, 0.3) is 0 Å². The molecule has 2 saturated heterocycles. The maximum absolute atomic E-state index is 12.7. The number of amides is 2. The molecule has 100 valence electrons. The molecular formula is C14H22N2O2. The van der Waals surface area contributed by atoms with Gasteiger partial charge in [-0.3, -0.25) is 9.59 Å². The molecule has 1 saturated carbocycles. The van der Waals surface area contributed by atoms with Crippen molar-refractivity contribution >= 4 is 11.8 Å². The molecule has 0 aromatic heterocycles. The van der Waals surface area contributed by atoms with Crippen molar-refractivity contribution in [3.8, 4) is 0 Å². The molecule has 0 N–H and O–H groups in total. The molecule has 3 aliphatic rings. The summed E-state index contributed by atoms with van der Waals surface area (Å²) in [5, 5.41) is 0. The van der Waals surface area contributed by atoms with E-state index in [1.807, 2.05) is 16.7 Å². The molecule has 2 atom stereocenters. The van der Waals surface area contributed by atoms with Gasteiger partial charge in [0.2, 0.25) is 11.8 Å². The zero-order valence-corrected chi connectivity index (χ0v) is 11.3. The number of piperazine rings is 1. The van der Waals surface area contributed by atoms with Gasteiger partial charge in [-0.2, -0.15) is 0 Å². The van der Waals surface area contributed by atoms with Crippen LogP contribution in [-0.2, 0) is 9.59 Å². The highest BCUT2D eigenvalue weighted by atomic mass is 16.2. The summed E-state index contributed by atoms with van der Waals surface area (Å²) in [5.41, 5.74) is -0.0598. The maximum atomic E-state index is 12.7. The lowest BCUT2D eigenvalue weighted by atomic mass is 9.75. The Kier molecular flexibility index (Phi) is 2.65. The van der Waals surface area contributed by atoms with Crippen LogP contribution in [0, 0.1) is 0 Å². The number of hydrogen-bond donors (Lipinski definition) is 0. The predicted molar refractivity (Wildman–Crippen MR) is 67.9 cm³/mol. The number of carbonyl (C=O) groups is 2. The van der Waals surface area contributed by atoms with E-state index in [1.165, 1.54) is 6.42 Å². The molecule has 0 bridgehead atoms. The van der Waals surface area contributed by atoms with Crippen LogP contribution in [0.15, 0.2) is 0 Å². The Labute approximate surface area is 108 Å². The van der Waals surface area contributed by atoms with E-state index < -0.39 is 0 Å². The first-order valence-electron chi connectivity index (χ1n) is 7.18. The smallest absolute Gasteiger partial charge is 0.246 e. The van der Waals surface area contributed by atoms with Gasteiger partial charge in [0.1, 0.15) is 12.1 Å². The van der Waals surface area contributed by atoms with E-state index >= 15 is 0 Å².